The van der Waals surface area contributed by atoms with Crippen molar-refractivity contribution in [3.05, 3.63) is 0 Å². The predicted octanol–water partition coefficient (Wildman–Crippen LogP) is 2.25. The average molecular weight is 178 g/mol. The SMILES string of the molecule is N#CC(F)(Cl)C(F)(F)Cl. The Morgan fingerprint density at radius 3 is 1.56 bits per heavy atom. The van der Waals surface area contributed by atoms with E-state index in [9.17, 15) is 13.2 Å². The second-order valence-electron chi connectivity index (χ2n) is 1.18. The van der Waals surface area contributed by atoms with Gasteiger partial charge < -0.3 is 0 Å². The van der Waals surface area contributed by atoms with Gasteiger partial charge >= 0.3 is 10.5 Å². The Morgan fingerprint density at radius 1 is 1.22 bits per heavy atom. The third-order valence-electron chi connectivity index (χ3n) is 0.496. The minimum atomic E-state index is -4.34. The van der Waals surface area contributed by atoms with Crippen LogP contribution in [0.4, 0.5) is 13.2 Å². The molecule has 0 bridgehead atoms. The van der Waals surface area contributed by atoms with Crippen molar-refractivity contribution >= 4 is 23.2 Å². The third kappa shape index (κ3) is 1.92. The summed E-state index contributed by atoms with van der Waals surface area (Å²) in [6, 6.07) is 0.498. The van der Waals surface area contributed by atoms with Crippen LogP contribution in [0.15, 0.2) is 0 Å². The molecular formula is C3Cl2F3N. The summed E-state index contributed by atoms with van der Waals surface area (Å²) in [5.74, 6) is 0. The van der Waals surface area contributed by atoms with E-state index in [1.165, 1.54) is 0 Å². The molecule has 0 amide bonds. The largest absolute Gasteiger partial charge is 0.382 e. The predicted molar refractivity (Wildman–Crippen MR) is 26.1 cm³/mol. The van der Waals surface area contributed by atoms with Crippen molar-refractivity contribution in [2.45, 2.75) is 10.5 Å². The van der Waals surface area contributed by atoms with Crippen molar-refractivity contribution in [2.75, 3.05) is 0 Å². The molecule has 0 spiro atoms. The van der Waals surface area contributed by atoms with E-state index in [1.54, 1.807) is 0 Å². The highest BCUT2D eigenvalue weighted by atomic mass is 35.5. The quantitative estimate of drug-likeness (QED) is 0.564. The van der Waals surface area contributed by atoms with E-state index < -0.39 is 10.5 Å². The molecule has 0 aliphatic heterocycles. The Morgan fingerprint density at radius 2 is 1.56 bits per heavy atom. The van der Waals surface area contributed by atoms with E-state index in [-0.39, 0.29) is 0 Å². The number of hydrogen-bond acceptors (Lipinski definition) is 1. The van der Waals surface area contributed by atoms with Crippen molar-refractivity contribution in [2.24, 2.45) is 0 Å². The van der Waals surface area contributed by atoms with Crippen molar-refractivity contribution in [3.8, 4) is 6.07 Å². The molecule has 0 saturated carbocycles. The fraction of sp³-hybridized carbons (Fsp3) is 0.667. The lowest BCUT2D eigenvalue weighted by Crippen LogP contribution is -2.32. The van der Waals surface area contributed by atoms with Gasteiger partial charge in [-0.1, -0.05) is 11.6 Å². The maximum absolute atomic E-state index is 11.8. The molecule has 0 aromatic heterocycles. The molecule has 0 radical (unpaired) electrons. The van der Waals surface area contributed by atoms with Crippen molar-refractivity contribution in [1.29, 1.82) is 5.26 Å². The summed E-state index contributed by atoms with van der Waals surface area (Å²) in [5.41, 5.74) is 0. The third-order valence-corrected chi connectivity index (χ3v) is 1.18. The molecule has 0 fully saturated rings. The Hall–Kier alpha value is -0.140. The first-order valence-corrected chi connectivity index (χ1v) is 2.42. The molecule has 0 rings (SSSR count). The van der Waals surface area contributed by atoms with Crippen molar-refractivity contribution in [1.82, 2.24) is 0 Å². The van der Waals surface area contributed by atoms with Gasteiger partial charge in [0.2, 0.25) is 0 Å². The van der Waals surface area contributed by atoms with E-state index in [1.807, 2.05) is 0 Å². The van der Waals surface area contributed by atoms with Crippen LogP contribution in [-0.4, -0.2) is 10.5 Å². The Balaban J connectivity index is 4.39. The summed E-state index contributed by atoms with van der Waals surface area (Å²) >= 11 is 8.35. The molecule has 0 N–H and O–H groups in total. The van der Waals surface area contributed by atoms with Gasteiger partial charge in [0.1, 0.15) is 6.07 Å². The lowest BCUT2D eigenvalue weighted by atomic mass is 10.4. The molecule has 0 aliphatic carbocycles. The highest BCUT2D eigenvalue weighted by Gasteiger charge is 2.53. The van der Waals surface area contributed by atoms with Gasteiger partial charge in [-0.15, -0.1) is 0 Å². The number of nitriles is 1. The Labute approximate surface area is 59.0 Å². The summed E-state index contributed by atoms with van der Waals surface area (Å²) in [6.07, 6.45) is 0. The average Bonchev–Trinajstić information content (AvgIpc) is 1.64. The zero-order chi connectivity index (χ0) is 7.71. The molecular weight excluding hydrogens is 178 g/mol. The van der Waals surface area contributed by atoms with Crippen molar-refractivity contribution in [3.63, 3.8) is 0 Å². The molecule has 1 nitrogen and oxygen atoms in total. The summed E-state index contributed by atoms with van der Waals surface area (Å²) in [7, 11) is 0. The molecule has 0 aliphatic rings. The van der Waals surface area contributed by atoms with Crippen LogP contribution in [0.2, 0.25) is 0 Å². The first kappa shape index (κ1) is 8.86. The molecule has 9 heavy (non-hydrogen) atoms. The van der Waals surface area contributed by atoms with Crippen LogP contribution in [0, 0.1) is 11.3 Å². The maximum atomic E-state index is 11.8. The monoisotopic (exact) mass is 177 g/mol. The van der Waals surface area contributed by atoms with Crippen LogP contribution >= 0.6 is 23.2 Å². The van der Waals surface area contributed by atoms with Crippen LogP contribution in [-0.2, 0) is 0 Å². The molecule has 0 aromatic rings. The molecule has 1 atom stereocenters. The van der Waals surface area contributed by atoms with E-state index in [0.29, 0.717) is 6.07 Å². The highest BCUT2D eigenvalue weighted by molar-refractivity contribution is 6.33. The van der Waals surface area contributed by atoms with Gasteiger partial charge in [-0.3, -0.25) is 0 Å². The molecule has 52 valence electrons. The first-order chi connectivity index (χ1) is 3.81. The molecule has 0 heterocycles. The summed E-state index contributed by atoms with van der Waals surface area (Å²) < 4.78 is 34.9. The summed E-state index contributed by atoms with van der Waals surface area (Å²) in [5, 5.41) is -0.547. The van der Waals surface area contributed by atoms with Gasteiger partial charge in [-0.2, -0.15) is 14.0 Å². The van der Waals surface area contributed by atoms with Crippen LogP contribution in [0.5, 0.6) is 0 Å². The number of hydrogen-bond donors (Lipinski definition) is 0. The van der Waals surface area contributed by atoms with Gasteiger partial charge in [-0.25, -0.2) is 4.39 Å². The smallest absolute Gasteiger partial charge is 0.201 e. The van der Waals surface area contributed by atoms with E-state index in [0.717, 1.165) is 0 Å². The second-order valence-corrected chi connectivity index (χ2v) is 2.18. The lowest BCUT2D eigenvalue weighted by molar-refractivity contribution is 0.0103. The molecule has 6 heteroatoms. The normalized spacial score (nSPS) is 18.2. The van der Waals surface area contributed by atoms with Crippen LogP contribution in [0.25, 0.3) is 0 Å². The first-order valence-electron chi connectivity index (χ1n) is 1.67. The summed E-state index contributed by atoms with van der Waals surface area (Å²) in [4.78, 5) is 0. The zero-order valence-electron chi connectivity index (χ0n) is 3.84. The minimum Gasteiger partial charge on any atom is -0.201 e. The number of rotatable bonds is 1. The van der Waals surface area contributed by atoms with Crippen LogP contribution < -0.4 is 0 Å². The van der Waals surface area contributed by atoms with E-state index >= 15 is 0 Å². The highest BCUT2D eigenvalue weighted by Crippen LogP contribution is 2.38. The molecule has 1 unspecified atom stereocenters. The minimum absolute atomic E-state index is 0.498. The van der Waals surface area contributed by atoms with E-state index in [2.05, 4.69) is 23.2 Å². The fourth-order valence-electron chi connectivity index (χ4n) is 0.0634. The van der Waals surface area contributed by atoms with Crippen LogP contribution in [0.1, 0.15) is 0 Å². The summed E-state index contributed by atoms with van der Waals surface area (Å²) in [6.45, 7) is 0. The molecule has 0 aromatic carbocycles. The maximum Gasteiger partial charge on any atom is 0.382 e. The van der Waals surface area contributed by atoms with Gasteiger partial charge in [0, 0.05) is 0 Å². The second kappa shape index (κ2) is 2.24. The van der Waals surface area contributed by atoms with Crippen LogP contribution in [0.3, 0.4) is 0 Å². The van der Waals surface area contributed by atoms with Gasteiger partial charge in [-0.05, 0) is 11.6 Å². The lowest BCUT2D eigenvalue weighted by Gasteiger charge is -2.13. The standard InChI is InChI=1S/C3Cl2F3N/c4-2(6,1-9)3(5,7)8. The zero-order valence-corrected chi connectivity index (χ0v) is 5.35. The van der Waals surface area contributed by atoms with E-state index in [4.69, 9.17) is 5.26 Å². The fourth-order valence-corrected chi connectivity index (χ4v) is 0.106. The Bertz CT molecular complexity index is 144. The number of halogens is 5. The number of nitrogens with zero attached hydrogens (tertiary/aromatic N) is 1. The molecule has 0 saturated heterocycles. The number of alkyl halides is 5. The Kier molecular flexibility index (Phi) is 2.20. The van der Waals surface area contributed by atoms with Crippen molar-refractivity contribution < 1.29 is 13.2 Å². The van der Waals surface area contributed by atoms with Gasteiger partial charge in [0.25, 0.3) is 0 Å². The van der Waals surface area contributed by atoms with Gasteiger partial charge in [0.05, 0.1) is 0 Å². The topological polar surface area (TPSA) is 23.8 Å². The van der Waals surface area contributed by atoms with Gasteiger partial charge in [0.15, 0.2) is 0 Å².